The number of anilines is 1. The molecule has 0 atom stereocenters. The molecule has 0 aliphatic rings. The van der Waals surface area contributed by atoms with Crippen LogP contribution in [0.2, 0.25) is 0 Å². The molecular weight excluding hydrogens is 480 g/mol. The Morgan fingerprint density at radius 1 is 1.00 bits per heavy atom. The molecule has 7 nitrogen and oxygen atoms in total. The van der Waals surface area contributed by atoms with Crippen molar-refractivity contribution in [3.63, 3.8) is 0 Å². The van der Waals surface area contributed by atoms with Crippen molar-refractivity contribution in [3.8, 4) is 17.1 Å². The highest BCUT2D eigenvalue weighted by molar-refractivity contribution is 5.95. The van der Waals surface area contributed by atoms with E-state index >= 15 is 0 Å². The van der Waals surface area contributed by atoms with Gasteiger partial charge in [0.05, 0.1) is 11.4 Å². The summed E-state index contributed by atoms with van der Waals surface area (Å²) in [6.07, 6.45) is 4.39. The first-order valence-electron chi connectivity index (χ1n) is 11.2. The van der Waals surface area contributed by atoms with E-state index in [9.17, 15) is 18.4 Å². The van der Waals surface area contributed by atoms with Crippen molar-refractivity contribution in [1.29, 1.82) is 0 Å². The number of nitrogens with zero attached hydrogens (tertiary/aromatic N) is 2. The standard InChI is InChI=1S/C28H19F2N3O4/c29-20-11-12-22(30)23(15-20)31-26(34)17-36-27(35)13-10-19-16-33(21-7-2-1-3-8-21)32-28(19)25-14-18-6-4-5-9-24(18)37-25/h1-16H,17H2,(H,31,34). The minimum atomic E-state index is -0.814. The fraction of sp³-hybridized carbons (Fsp3) is 0.0357. The van der Waals surface area contributed by atoms with E-state index in [1.54, 1.807) is 10.9 Å². The zero-order chi connectivity index (χ0) is 25.8. The summed E-state index contributed by atoms with van der Waals surface area (Å²) in [7, 11) is 0. The molecule has 1 amide bonds. The summed E-state index contributed by atoms with van der Waals surface area (Å²) in [6.45, 7) is -0.682. The van der Waals surface area contributed by atoms with Gasteiger partial charge in [-0.3, -0.25) is 4.79 Å². The van der Waals surface area contributed by atoms with Gasteiger partial charge >= 0.3 is 5.97 Å². The molecule has 0 spiro atoms. The van der Waals surface area contributed by atoms with E-state index in [4.69, 9.17) is 9.15 Å². The minimum Gasteiger partial charge on any atom is -0.454 e. The van der Waals surface area contributed by atoms with Crippen LogP contribution in [0.3, 0.4) is 0 Å². The van der Waals surface area contributed by atoms with E-state index < -0.39 is 30.1 Å². The van der Waals surface area contributed by atoms with Crippen LogP contribution in [0, 0.1) is 11.6 Å². The van der Waals surface area contributed by atoms with Crippen LogP contribution in [0.25, 0.3) is 34.2 Å². The Morgan fingerprint density at radius 3 is 2.59 bits per heavy atom. The Labute approximate surface area is 209 Å². The third kappa shape index (κ3) is 5.46. The molecule has 37 heavy (non-hydrogen) atoms. The maximum atomic E-state index is 13.7. The number of benzene rings is 3. The summed E-state index contributed by atoms with van der Waals surface area (Å²) >= 11 is 0. The predicted molar refractivity (Wildman–Crippen MR) is 134 cm³/mol. The average Bonchev–Trinajstić information content (AvgIpc) is 3.53. The van der Waals surface area contributed by atoms with Gasteiger partial charge in [-0.25, -0.2) is 18.3 Å². The van der Waals surface area contributed by atoms with Crippen molar-refractivity contribution in [2.75, 3.05) is 11.9 Å². The van der Waals surface area contributed by atoms with Crippen LogP contribution < -0.4 is 5.32 Å². The van der Waals surface area contributed by atoms with Crippen molar-refractivity contribution in [1.82, 2.24) is 9.78 Å². The number of carbonyl (C=O) groups is 2. The number of hydrogen-bond acceptors (Lipinski definition) is 5. The molecule has 3 aromatic carbocycles. The summed E-state index contributed by atoms with van der Waals surface area (Å²) in [6, 6.07) is 21.5. The molecule has 5 aromatic rings. The average molecular weight is 499 g/mol. The van der Waals surface area contributed by atoms with Crippen molar-refractivity contribution < 1.29 is 27.5 Å². The monoisotopic (exact) mass is 499 g/mol. The molecule has 5 rings (SSSR count). The van der Waals surface area contributed by atoms with E-state index in [1.165, 1.54) is 6.08 Å². The smallest absolute Gasteiger partial charge is 0.331 e. The number of halogens is 2. The van der Waals surface area contributed by atoms with Crippen LogP contribution in [-0.4, -0.2) is 28.3 Å². The number of amides is 1. The molecule has 9 heteroatoms. The predicted octanol–water partition coefficient (Wildman–Crippen LogP) is 5.76. The molecule has 0 bridgehead atoms. The number of rotatable bonds is 7. The molecule has 0 unspecified atom stereocenters. The molecule has 2 heterocycles. The molecule has 0 saturated heterocycles. The number of furan rings is 1. The van der Waals surface area contributed by atoms with Gasteiger partial charge in [0.25, 0.3) is 5.91 Å². The van der Waals surface area contributed by atoms with Gasteiger partial charge < -0.3 is 14.5 Å². The van der Waals surface area contributed by atoms with Gasteiger partial charge in [0.2, 0.25) is 0 Å². The quantitative estimate of drug-likeness (QED) is 0.227. The number of hydrogen-bond donors (Lipinski definition) is 1. The van der Waals surface area contributed by atoms with Gasteiger partial charge in [-0.1, -0.05) is 36.4 Å². The molecule has 0 aliphatic heterocycles. The highest BCUT2D eigenvalue weighted by Gasteiger charge is 2.16. The lowest BCUT2D eigenvalue weighted by molar-refractivity contribution is -0.142. The fourth-order valence-corrected chi connectivity index (χ4v) is 3.63. The molecule has 184 valence electrons. The zero-order valence-corrected chi connectivity index (χ0v) is 19.2. The minimum absolute atomic E-state index is 0.347. The number of ether oxygens (including phenoxy) is 1. The largest absolute Gasteiger partial charge is 0.454 e. The summed E-state index contributed by atoms with van der Waals surface area (Å²) in [5.41, 5.74) is 2.24. The van der Waals surface area contributed by atoms with E-state index in [0.29, 0.717) is 22.6 Å². The second-order valence-electron chi connectivity index (χ2n) is 7.98. The lowest BCUT2D eigenvalue weighted by atomic mass is 10.2. The SMILES string of the molecule is O=C(COC(=O)C=Cc1cn(-c2ccccc2)nc1-c1cc2ccccc2o1)Nc1cc(F)ccc1F. The van der Waals surface area contributed by atoms with Gasteiger partial charge in [-0.15, -0.1) is 0 Å². The van der Waals surface area contributed by atoms with Gasteiger partial charge in [0, 0.05) is 29.3 Å². The highest BCUT2D eigenvalue weighted by Crippen LogP contribution is 2.30. The first-order chi connectivity index (χ1) is 18.0. The van der Waals surface area contributed by atoms with E-state index in [0.717, 1.165) is 35.3 Å². The maximum absolute atomic E-state index is 13.7. The Balaban J connectivity index is 1.33. The summed E-state index contributed by atoms with van der Waals surface area (Å²) in [5.74, 6) is -2.63. The normalized spacial score (nSPS) is 11.2. The number of aromatic nitrogens is 2. The molecule has 2 aromatic heterocycles. The van der Waals surface area contributed by atoms with Crippen molar-refractivity contribution >= 4 is 34.6 Å². The topological polar surface area (TPSA) is 86.4 Å². The summed E-state index contributed by atoms with van der Waals surface area (Å²) in [5, 5.41) is 7.72. The van der Waals surface area contributed by atoms with Crippen LogP contribution in [0.15, 0.2) is 95.6 Å². The fourth-order valence-electron chi connectivity index (χ4n) is 3.63. The van der Waals surface area contributed by atoms with Crippen molar-refractivity contribution in [3.05, 3.63) is 108 Å². The molecule has 1 N–H and O–H groups in total. The van der Waals surface area contributed by atoms with Crippen LogP contribution in [0.4, 0.5) is 14.5 Å². The third-order valence-electron chi connectivity index (χ3n) is 5.37. The Kier molecular flexibility index (Phi) is 6.58. The molecule has 0 fully saturated rings. The summed E-state index contributed by atoms with van der Waals surface area (Å²) in [4.78, 5) is 24.3. The zero-order valence-electron chi connectivity index (χ0n) is 19.2. The van der Waals surface area contributed by atoms with Crippen LogP contribution >= 0.6 is 0 Å². The van der Waals surface area contributed by atoms with Crippen LogP contribution in [0.5, 0.6) is 0 Å². The Bertz CT molecular complexity index is 1590. The van der Waals surface area contributed by atoms with E-state index in [-0.39, 0.29) is 5.69 Å². The Hall–Kier alpha value is -5.05. The number of para-hydroxylation sites is 2. The van der Waals surface area contributed by atoms with Crippen molar-refractivity contribution in [2.24, 2.45) is 0 Å². The molecule has 0 radical (unpaired) electrons. The maximum Gasteiger partial charge on any atom is 0.331 e. The molecular formula is C28H19F2N3O4. The van der Waals surface area contributed by atoms with Crippen molar-refractivity contribution in [2.45, 2.75) is 0 Å². The number of esters is 1. The second kappa shape index (κ2) is 10.3. The third-order valence-corrected chi connectivity index (χ3v) is 5.37. The van der Waals surface area contributed by atoms with Crippen LogP contribution in [0.1, 0.15) is 5.56 Å². The lowest BCUT2D eigenvalue weighted by Crippen LogP contribution is -2.20. The summed E-state index contributed by atoms with van der Waals surface area (Å²) < 4.78 is 39.5. The molecule has 0 aliphatic carbocycles. The first-order valence-corrected chi connectivity index (χ1v) is 11.2. The van der Waals surface area contributed by atoms with E-state index in [2.05, 4.69) is 10.4 Å². The Morgan fingerprint density at radius 2 is 1.78 bits per heavy atom. The van der Waals surface area contributed by atoms with Gasteiger partial charge in [0.15, 0.2) is 12.4 Å². The number of carbonyl (C=O) groups excluding carboxylic acids is 2. The lowest BCUT2D eigenvalue weighted by Gasteiger charge is -2.06. The van der Waals surface area contributed by atoms with Gasteiger partial charge in [-0.2, -0.15) is 5.10 Å². The van der Waals surface area contributed by atoms with E-state index in [1.807, 2.05) is 60.7 Å². The van der Waals surface area contributed by atoms with Crippen LogP contribution in [-0.2, 0) is 14.3 Å². The number of nitrogens with one attached hydrogen (secondary N) is 1. The van der Waals surface area contributed by atoms with Gasteiger partial charge in [0.1, 0.15) is 22.9 Å². The number of fused-ring (bicyclic) bond motifs is 1. The van der Waals surface area contributed by atoms with Gasteiger partial charge in [-0.05, 0) is 42.5 Å². The highest BCUT2D eigenvalue weighted by atomic mass is 19.1. The molecule has 0 saturated carbocycles. The first kappa shape index (κ1) is 23.7. The second-order valence-corrected chi connectivity index (χ2v) is 7.98.